The molecule has 1 saturated heterocycles. The molecule has 182 valence electrons. The highest BCUT2D eigenvalue weighted by molar-refractivity contribution is 7.90. The zero-order chi connectivity index (χ0) is 24.8. The number of sulfonamides is 1. The zero-order valence-electron chi connectivity index (χ0n) is 18.3. The van der Waals surface area contributed by atoms with Crippen LogP contribution in [0, 0.1) is 5.82 Å². The molecule has 0 saturated carbocycles. The van der Waals surface area contributed by atoms with Gasteiger partial charge in [0, 0.05) is 24.5 Å². The first-order chi connectivity index (χ1) is 16.0. The van der Waals surface area contributed by atoms with Gasteiger partial charge in [0.05, 0.1) is 18.8 Å². The first-order valence-corrected chi connectivity index (χ1v) is 11.8. The van der Waals surface area contributed by atoms with Gasteiger partial charge in [-0.1, -0.05) is 6.92 Å². The topological polar surface area (TPSA) is 127 Å². The number of aromatic nitrogens is 1. The molecule has 1 amide bonds. The minimum Gasteiger partial charge on any atom is -0.377 e. The van der Waals surface area contributed by atoms with E-state index >= 15 is 0 Å². The number of aliphatic imine (C=N–C) groups is 1. The number of ether oxygens (including phenoxy) is 1. The van der Waals surface area contributed by atoms with Crippen LogP contribution in [-0.4, -0.2) is 55.1 Å². The molecular weight excluding hydrogens is 475 g/mol. The summed E-state index contributed by atoms with van der Waals surface area (Å²) < 4.78 is 73.0. The first kappa shape index (κ1) is 24.0. The number of pyridine rings is 1. The second kappa shape index (κ2) is 8.55. The van der Waals surface area contributed by atoms with Crippen molar-refractivity contribution in [1.29, 1.82) is 0 Å². The quantitative estimate of drug-likeness (QED) is 0.652. The molecule has 0 aliphatic carbocycles. The van der Waals surface area contributed by atoms with E-state index < -0.39 is 44.7 Å². The van der Waals surface area contributed by atoms with E-state index in [2.05, 4.69) is 15.3 Å². The Morgan fingerprint density at radius 3 is 2.79 bits per heavy atom. The molecule has 2 aromatic rings. The van der Waals surface area contributed by atoms with E-state index in [1.165, 1.54) is 19.2 Å². The number of rotatable bonds is 5. The maximum absolute atomic E-state index is 15.0. The highest BCUT2D eigenvalue weighted by Gasteiger charge is 2.58. The van der Waals surface area contributed by atoms with Crippen molar-refractivity contribution in [1.82, 2.24) is 9.29 Å². The summed E-state index contributed by atoms with van der Waals surface area (Å²) in [5.41, 5.74) is 4.25. The second-order valence-electron chi connectivity index (χ2n) is 7.98. The van der Waals surface area contributed by atoms with Crippen LogP contribution in [0.4, 0.5) is 18.9 Å². The lowest BCUT2D eigenvalue weighted by atomic mass is 9.88. The summed E-state index contributed by atoms with van der Waals surface area (Å²) in [6, 6.07) is 4.81. The molecule has 2 unspecified atom stereocenters. The van der Waals surface area contributed by atoms with E-state index in [0.717, 1.165) is 22.6 Å². The third kappa shape index (κ3) is 3.78. The Kier molecular flexibility index (Phi) is 6.02. The van der Waals surface area contributed by atoms with E-state index in [0.29, 0.717) is 12.0 Å². The molecule has 9 nitrogen and oxygen atoms in total. The number of alkyl halides is 2. The van der Waals surface area contributed by atoms with Crippen molar-refractivity contribution in [2.24, 2.45) is 10.7 Å². The number of hydrogen-bond acceptors (Lipinski definition) is 7. The number of nitrogens with zero attached hydrogens (tertiary/aromatic N) is 3. The number of anilines is 1. The van der Waals surface area contributed by atoms with Crippen LogP contribution in [0.15, 0.2) is 35.5 Å². The standard InChI is InChI=1S/C21H22F3N5O4S/c1-3-11-6-16(18(23)24)26-8-13(11)19(30)27-12-4-5-15(22)14(7-12)21-10-33-9-17(21)34(31,32)29(2)20(25)28-21/h4-8,17-18H,3,9-10H2,1-2H3,(H2,25,28)(H,27,30). The van der Waals surface area contributed by atoms with Crippen molar-refractivity contribution in [3.63, 3.8) is 0 Å². The van der Waals surface area contributed by atoms with Crippen LogP contribution in [0.5, 0.6) is 0 Å². The lowest BCUT2D eigenvalue weighted by Crippen LogP contribution is -2.57. The van der Waals surface area contributed by atoms with Gasteiger partial charge in [0.1, 0.15) is 22.3 Å². The number of halogens is 3. The predicted octanol–water partition coefficient (Wildman–Crippen LogP) is 2.16. The van der Waals surface area contributed by atoms with E-state index in [-0.39, 0.29) is 36.0 Å². The summed E-state index contributed by atoms with van der Waals surface area (Å²) in [4.78, 5) is 20.8. The van der Waals surface area contributed by atoms with Gasteiger partial charge in [-0.05, 0) is 36.2 Å². The largest absolute Gasteiger partial charge is 0.377 e. The Labute approximate surface area is 193 Å². The number of guanidine groups is 1. The van der Waals surface area contributed by atoms with Gasteiger partial charge in [0.2, 0.25) is 16.0 Å². The number of carbonyl (C=O) groups is 1. The van der Waals surface area contributed by atoms with Crippen molar-refractivity contribution in [3.8, 4) is 0 Å². The van der Waals surface area contributed by atoms with Gasteiger partial charge in [-0.15, -0.1) is 0 Å². The van der Waals surface area contributed by atoms with Gasteiger partial charge in [-0.3, -0.25) is 9.78 Å². The van der Waals surface area contributed by atoms with Crippen LogP contribution in [0.25, 0.3) is 0 Å². The molecule has 0 spiro atoms. The molecule has 1 aromatic carbocycles. The zero-order valence-corrected chi connectivity index (χ0v) is 19.1. The fourth-order valence-electron chi connectivity index (χ4n) is 4.16. The van der Waals surface area contributed by atoms with Gasteiger partial charge < -0.3 is 15.8 Å². The molecule has 0 radical (unpaired) electrons. The summed E-state index contributed by atoms with van der Waals surface area (Å²) in [5, 5.41) is 1.38. The van der Waals surface area contributed by atoms with Crippen LogP contribution < -0.4 is 11.1 Å². The molecule has 3 heterocycles. The van der Waals surface area contributed by atoms with E-state index in [1.54, 1.807) is 6.92 Å². The molecule has 0 bridgehead atoms. The average Bonchev–Trinajstić information content (AvgIpc) is 3.24. The van der Waals surface area contributed by atoms with Crippen LogP contribution >= 0.6 is 0 Å². The fraction of sp³-hybridized carbons (Fsp3) is 0.381. The molecule has 1 fully saturated rings. The molecule has 34 heavy (non-hydrogen) atoms. The van der Waals surface area contributed by atoms with Gasteiger partial charge in [0.15, 0.2) is 0 Å². The minimum absolute atomic E-state index is 0.0853. The monoisotopic (exact) mass is 497 g/mol. The molecular formula is C21H22F3N5O4S. The second-order valence-corrected chi connectivity index (χ2v) is 10.1. The lowest BCUT2D eigenvalue weighted by molar-refractivity contribution is 0.102. The third-order valence-electron chi connectivity index (χ3n) is 6.05. The van der Waals surface area contributed by atoms with Gasteiger partial charge in [-0.25, -0.2) is 30.9 Å². The number of nitrogens with one attached hydrogen (secondary N) is 1. The number of aryl methyl sites for hydroxylation is 1. The Morgan fingerprint density at radius 1 is 1.38 bits per heavy atom. The van der Waals surface area contributed by atoms with E-state index in [4.69, 9.17) is 10.5 Å². The van der Waals surface area contributed by atoms with Crippen LogP contribution in [0.3, 0.4) is 0 Å². The fourth-order valence-corrected chi connectivity index (χ4v) is 5.85. The number of carbonyl (C=O) groups excluding carboxylic acids is 1. The van der Waals surface area contributed by atoms with Crippen molar-refractivity contribution < 1.29 is 31.1 Å². The maximum Gasteiger partial charge on any atom is 0.280 e. The molecule has 13 heteroatoms. The van der Waals surface area contributed by atoms with Gasteiger partial charge in [0.25, 0.3) is 12.3 Å². The normalized spacial score (nSPS) is 23.5. The molecule has 3 N–H and O–H groups in total. The average molecular weight is 497 g/mol. The summed E-state index contributed by atoms with van der Waals surface area (Å²) >= 11 is 0. The van der Waals surface area contributed by atoms with Gasteiger partial charge in [-0.2, -0.15) is 0 Å². The summed E-state index contributed by atoms with van der Waals surface area (Å²) in [5.74, 6) is -1.70. The molecule has 2 aliphatic rings. The maximum atomic E-state index is 15.0. The molecule has 1 aromatic heterocycles. The number of fused-ring (bicyclic) bond motifs is 1. The molecule has 2 aliphatic heterocycles. The van der Waals surface area contributed by atoms with Crippen molar-refractivity contribution >= 4 is 27.6 Å². The Bertz CT molecular complexity index is 1290. The van der Waals surface area contributed by atoms with Gasteiger partial charge >= 0.3 is 0 Å². The molecule has 2 atom stereocenters. The first-order valence-electron chi connectivity index (χ1n) is 10.3. The smallest absolute Gasteiger partial charge is 0.280 e. The highest BCUT2D eigenvalue weighted by Crippen LogP contribution is 2.44. The van der Waals surface area contributed by atoms with Crippen molar-refractivity contribution in [2.45, 2.75) is 30.6 Å². The van der Waals surface area contributed by atoms with Crippen LogP contribution in [0.1, 0.15) is 40.5 Å². The highest BCUT2D eigenvalue weighted by atomic mass is 32.2. The summed E-state index contributed by atoms with van der Waals surface area (Å²) in [6.45, 7) is 1.28. The van der Waals surface area contributed by atoms with Crippen molar-refractivity contribution in [3.05, 3.63) is 58.7 Å². The number of nitrogens with two attached hydrogens (primary N) is 1. The Hall–Kier alpha value is -3.19. The SMILES string of the molecule is CCc1cc(C(F)F)ncc1C(=O)Nc1ccc(F)c(C23COCC2S(=O)(=O)N(C)C(N)=N3)c1. The minimum atomic E-state index is -3.98. The Morgan fingerprint density at radius 2 is 2.12 bits per heavy atom. The van der Waals surface area contributed by atoms with Crippen LogP contribution in [-0.2, 0) is 26.7 Å². The van der Waals surface area contributed by atoms with E-state index in [9.17, 15) is 26.4 Å². The third-order valence-corrected chi connectivity index (χ3v) is 8.25. The number of benzene rings is 1. The molecule has 4 rings (SSSR count). The summed E-state index contributed by atoms with van der Waals surface area (Å²) in [7, 11) is -2.73. The lowest BCUT2D eigenvalue weighted by Gasteiger charge is -2.38. The predicted molar refractivity (Wildman–Crippen MR) is 118 cm³/mol. The number of hydrogen-bond donors (Lipinski definition) is 2. The summed E-state index contributed by atoms with van der Waals surface area (Å²) in [6.07, 6.45) is -1.41. The number of amides is 1. The Balaban J connectivity index is 1.72. The van der Waals surface area contributed by atoms with Crippen LogP contribution in [0.2, 0.25) is 0 Å². The van der Waals surface area contributed by atoms with Crippen molar-refractivity contribution in [2.75, 3.05) is 25.6 Å². The van der Waals surface area contributed by atoms with E-state index in [1.807, 2.05) is 0 Å².